The third kappa shape index (κ3) is 5.25. The first-order valence-electron chi connectivity index (χ1n) is 4.23. The van der Waals surface area contributed by atoms with Crippen molar-refractivity contribution in [3.8, 4) is 0 Å². The smallest absolute Gasteiger partial charge is 0.0587 e. The molecule has 0 amide bonds. The highest BCUT2D eigenvalue weighted by Gasteiger charge is 2.11. The van der Waals surface area contributed by atoms with Gasteiger partial charge in [0, 0.05) is 25.4 Å². The fourth-order valence-electron chi connectivity index (χ4n) is 1.27. The Morgan fingerprint density at radius 2 is 2.42 bits per heavy atom. The Kier molecular flexibility index (Phi) is 8.55. The molecule has 1 atom stereocenters. The van der Waals surface area contributed by atoms with Crippen LogP contribution >= 0.6 is 24.2 Å². The first-order chi connectivity index (χ1) is 5.43. The summed E-state index contributed by atoms with van der Waals surface area (Å²) in [5.74, 6) is 2.63. The number of hydrogen-bond donors (Lipinski definition) is 1. The van der Waals surface area contributed by atoms with Crippen LogP contribution in [0.15, 0.2) is 0 Å². The van der Waals surface area contributed by atoms with Crippen LogP contribution in [-0.2, 0) is 4.74 Å². The van der Waals surface area contributed by atoms with Crippen molar-refractivity contribution in [2.45, 2.75) is 18.9 Å². The number of rotatable bonds is 4. The van der Waals surface area contributed by atoms with E-state index in [9.17, 15) is 0 Å². The van der Waals surface area contributed by atoms with Crippen LogP contribution in [0.3, 0.4) is 0 Å². The molecule has 1 rings (SSSR count). The van der Waals surface area contributed by atoms with Crippen molar-refractivity contribution < 1.29 is 4.74 Å². The largest absolute Gasteiger partial charge is 0.383 e. The van der Waals surface area contributed by atoms with E-state index in [0.29, 0.717) is 0 Å². The summed E-state index contributed by atoms with van der Waals surface area (Å²) < 4.78 is 4.96. The van der Waals surface area contributed by atoms with E-state index < -0.39 is 0 Å². The van der Waals surface area contributed by atoms with Gasteiger partial charge in [-0.1, -0.05) is 0 Å². The van der Waals surface area contributed by atoms with Gasteiger partial charge in [-0.15, -0.1) is 12.4 Å². The van der Waals surface area contributed by atoms with Crippen LogP contribution in [0.25, 0.3) is 0 Å². The topological polar surface area (TPSA) is 21.3 Å². The van der Waals surface area contributed by atoms with Crippen LogP contribution in [-0.4, -0.2) is 37.8 Å². The van der Waals surface area contributed by atoms with Crippen molar-refractivity contribution in [3.63, 3.8) is 0 Å². The lowest BCUT2D eigenvalue weighted by Crippen LogP contribution is -2.35. The van der Waals surface area contributed by atoms with E-state index in [4.69, 9.17) is 4.74 Å². The Balaban J connectivity index is 0.00000121. The molecule has 1 fully saturated rings. The van der Waals surface area contributed by atoms with E-state index in [0.717, 1.165) is 19.2 Å². The second kappa shape index (κ2) is 8.17. The molecule has 12 heavy (non-hydrogen) atoms. The minimum Gasteiger partial charge on any atom is -0.383 e. The SMILES string of the molecule is COCCNC1CCCSC1.Cl. The molecule has 0 bridgehead atoms. The summed E-state index contributed by atoms with van der Waals surface area (Å²) in [6.07, 6.45) is 2.71. The van der Waals surface area contributed by atoms with Gasteiger partial charge in [-0.3, -0.25) is 0 Å². The molecule has 0 spiro atoms. The molecule has 1 N–H and O–H groups in total. The lowest BCUT2D eigenvalue weighted by molar-refractivity contribution is 0.196. The quantitative estimate of drug-likeness (QED) is 0.713. The van der Waals surface area contributed by atoms with E-state index in [1.807, 2.05) is 0 Å². The summed E-state index contributed by atoms with van der Waals surface area (Å²) in [5.41, 5.74) is 0. The number of hydrogen-bond acceptors (Lipinski definition) is 3. The van der Waals surface area contributed by atoms with Crippen LogP contribution in [0.5, 0.6) is 0 Å². The molecule has 1 aliphatic heterocycles. The zero-order chi connectivity index (χ0) is 7.94. The Bertz CT molecular complexity index is 99.1. The summed E-state index contributed by atoms with van der Waals surface area (Å²) >= 11 is 2.06. The first kappa shape index (κ1) is 12.6. The van der Waals surface area contributed by atoms with Gasteiger partial charge in [0.15, 0.2) is 0 Å². The van der Waals surface area contributed by atoms with Crippen molar-refractivity contribution >= 4 is 24.2 Å². The molecule has 0 aromatic heterocycles. The maximum atomic E-state index is 4.96. The lowest BCUT2D eigenvalue weighted by atomic mass is 10.2. The molecule has 4 heteroatoms. The third-order valence-electron chi connectivity index (χ3n) is 1.90. The minimum atomic E-state index is 0. The second-order valence-corrected chi connectivity index (χ2v) is 4.01. The Morgan fingerprint density at radius 3 is 3.00 bits per heavy atom. The van der Waals surface area contributed by atoms with E-state index >= 15 is 0 Å². The van der Waals surface area contributed by atoms with Gasteiger partial charge in [0.1, 0.15) is 0 Å². The van der Waals surface area contributed by atoms with Gasteiger partial charge >= 0.3 is 0 Å². The van der Waals surface area contributed by atoms with Crippen molar-refractivity contribution in [1.82, 2.24) is 5.32 Å². The van der Waals surface area contributed by atoms with Crippen LogP contribution in [0, 0.1) is 0 Å². The van der Waals surface area contributed by atoms with E-state index in [2.05, 4.69) is 17.1 Å². The average molecular weight is 212 g/mol. The summed E-state index contributed by atoms with van der Waals surface area (Å²) in [6.45, 7) is 1.84. The predicted octanol–water partition coefficient (Wildman–Crippen LogP) is 1.54. The van der Waals surface area contributed by atoms with Crippen LogP contribution in [0.2, 0.25) is 0 Å². The normalized spacial score (nSPS) is 23.2. The third-order valence-corrected chi connectivity index (χ3v) is 3.11. The summed E-state index contributed by atoms with van der Waals surface area (Å²) in [5, 5.41) is 3.48. The molecule has 0 aromatic carbocycles. The second-order valence-electron chi connectivity index (χ2n) is 2.86. The molecule has 0 saturated carbocycles. The fourth-order valence-corrected chi connectivity index (χ4v) is 2.37. The number of halogens is 1. The van der Waals surface area contributed by atoms with Crippen LogP contribution in [0.1, 0.15) is 12.8 Å². The maximum Gasteiger partial charge on any atom is 0.0587 e. The van der Waals surface area contributed by atoms with Gasteiger partial charge in [0.25, 0.3) is 0 Å². The maximum absolute atomic E-state index is 4.96. The van der Waals surface area contributed by atoms with Gasteiger partial charge in [-0.25, -0.2) is 0 Å². The molecule has 1 saturated heterocycles. The molecule has 1 heterocycles. The summed E-state index contributed by atoms with van der Waals surface area (Å²) in [4.78, 5) is 0. The minimum absolute atomic E-state index is 0. The van der Waals surface area contributed by atoms with Crippen molar-refractivity contribution in [2.24, 2.45) is 0 Å². The highest BCUT2D eigenvalue weighted by atomic mass is 35.5. The summed E-state index contributed by atoms with van der Waals surface area (Å²) in [6, 6.07) is 0.740. The zero-order valence-corrected chi connectivity index (χ0v) is 9.18. The zero-order valence-electron chi connectivity index (χ0n) is 7.54. The van der Waals surface area contributed by atoms with Gasteiger partial charge < -0.3 is 10.1 Å². The highest BCUT2D eigenvalue weighted by Crippen LogP contribution is 2.16. The number of thioether (sulfide) groups is 1. The molecular weight excluding hydrogens is 194 g/mol. The van der Waals surface area contributed by atoms with Gasteiger partial charge in [0.2, 0.25) is 0 Å². The van der Waals surface area contributed by atoms with Gasteiger partial charge in [0.05, 0.1) is 6.61 Å². The molecular formula is C8H18ClNOS. The fraction of sp³-hybridized carbons (Fsp3) is 1.00. The molecule has 74 valence electrons. The van der Waals surface area contributed by atoms with Crippen molar-refractivity contribution in [3.05, 3.63) is 0 Å². The average Bonchev–Trinajstić information content (AvgIpc) is 2.07. The van der Waals surface area contributed by atoms with E-state index in [-0.39, 0.29) is 12.4 Å². The van der Waals surface area contributed by atoms with E-state index in [1.54, 1.807) is 7.11 Å². The predicted molar refractivity (Wildman–Crippen MR) is 57.5 cm³/mol. The standard InChI is InChI=1S/C8H17NOS.ClH/c1-10-5-4-9-8-3-2-6-11-7-8;/h8-9H,2-7H2,1H3;1H. The molecule has 1 aliphatic rings. The summed E-state index contributed by atoms with van der Waals surface area (Å²) in [7, 11) is 1.75. The Labute approximate surface area is 85.2 Å². The molecule has 0 aliphatic carbocycles. The monoisotopic (exact) mass is 211 g/mol. The van der Waals surface area contributed by atoms with E-state index in [1.165, 1.54) is 24.3 Å². The Hall–Kier alpha value is 0.560. The molecule has 0 aromatic rings. The van der Waals surface area contributed by atoms with Crippen molar-refractivity contribution in [1.29, 1.82) is 0 Å². The molecule has 1 unspecified atom stereocenters. The Morgan fingerprint density at radius 1 is 1.58 bits per heavy atom. The van der Waals surface area contributed by atoms with Crippen LogP contribution < -0.4 is 5.32 Å². The van der Waals surface area contributed by atoms with Gasteiger partial charge in [-0.2, -0.15) is 11.8 Å². The number of ether oxygens (including phenoxy) is 1. The van der Waals surface area contributed by atoms with Gasteiger partial charge in [-0.05, 0) is 18.6 Å². The number of methoxy groups -OCH3 is 1. The molecule has 2 nitrogen and oxygen atoms in total. The van der Waals surface area contributed by atoms with Crippen molar-refractivity contribution in [2.75, 3.05) is 31.8 Å². The molecule has 0 radical (unpaired) electrons. The van der Waals surface area contributed by atoms with Crippen LogP contribution in [0.4, 0.5) is 0 Å². The first-order valence-corrected chi connectivity index (χ1v) is 5.39. The number of nitrogens with one attached hydrogen (secondary N) is 1. The lowest BCUT2D eigenvalue weighted by Gasteiger charge is -2.22. The highest BCUT2D eigenvalue weighted by molar-refractivity contribution is 7.99.